The summed E-state index contributed by atoms with van der Waals surface area (Å²) in [5.41, 5.74) is 15.0. The lowest BCUT2D eigenvalue weighted by Gasteiger charge is -2.16. The van der Waals surface area contributed by atoms with Crippen molar-refractivity contribution in [1.82, 2.24) is 0 Å². The summed E-state index contributed by atoms with van der Waals surface area (Å²) in [6.07, 6.45) is 4.39. The van der Waals surface area contributed by atoms with E-state index in [4.69, 9.17) is 5.73 Å². The van der Waals surface area contributed by atoms with Gasteiger partial charge >= 0.3 is 0 Å². The molecule has 0 amide bonds. The molecule has 2 heteroatoms. The van der Waals surface area contributed by atoms with Gasteiger partial charge in [0.2, 0.25) is 0 Å². The number of phenols is 1. The monoisotopic (exact) mass is 295 g/mol. The van der Waals surface area contributed by atoms with Gasteiger partial charge in [-0.05, 0) is 84.0 Å². The SMILES string of the molecule is Cc1cc(N)c2c(c1Cc1ccc(O)c(C(C)C)c1)CCC2. The summed E-state index contributed by atoms with van der Waals surface area (Å²) >= 11 is 0. The molecule has 0 aromatic heterocycles. The zero-order valence-corrected chi connectivity index (χ0v) is 13.7. The number of hydrogen-bond acceptors (Lipinski definition) is 2. The van der Waals surface area contributed by atoms with Gasteiger partial charge in [-0.1, -0.05) is 26.0 Å². The Morgan fingerprint density at radius 2 is 1.86 bits per heavy atom. The molecule has 0 heterocycles. The van der Waals surface area contributed by atoms with E-state index in [1.54, 1.807) is 0 Å². The van der Waals surface area contributed by atoms with Crippen molar-refractivity contribution >= 4 is 5.69 Å². The highest BCUT2D eigenvalue weighted by molar-refractivity contribution is 5.60. The molecule has 2 aromatic carbocycles. The molecular weight excluding hydrogens is 270 g/mol. The third kappa shape index (κ3) is 2.58. The van der Waals surface area contributed by atoms with Crippen molar-refractivity contribution < 1.29 is 5.11 Å². The number of aryl methyl sites for hydroxylation is 1. The van der Waals surface area contributed by atoms with Crippen molar-refractivity contribution in [1.29, 1.82) is 0 Å². The molecule has 2 nitrogen and oxygen atoms in total. The zero-order chi connectivity index (χ0) is 15.9. The Balaban J connectivity index is 2.01. The number of nitrogen functional groups attached to an aromatic ring is 1. The van der Waals surface area contributed by atoms with E-state index in [1.807, 2.05) is 12.1 Å². The largest absolute Gasteiger partial charge is 0.508 e. The van der Waals surface area contributed by atoms with Gasteiger partial charge in [0.15, 0.2) is 0 Å². The molecule has 2 aromatic rings. The first-order valence-electron chi connectivity index (χ1n) is 8.19. The lowest BCUT2D eigenvalue weighted by molar-refractivity contribution is 0.464. The van der Waals surface area contributed by atoms with Crippen molar-refractivity contribution in [2.75, 3.05) is 5.73 Å². The Hall–Kier alpha value is -1.96. The Bertz CT molecular complexity index is 716. The summed E-state index contributed by atoms with van der Waals surface area (Å²) in [6, 6.07) is 8.15. The van der Waals surface area contributed by atoms with Crippen molar-refractivity contribution in [2.45, 2.75) is 52.4 Å². The molecule has 116 valence electrons. The first-order valence-corrected chi connectivity index (χ1v) is 8.19. The Morgan fingerprint density at radius 3 is 2.59 bits per heavy atom. The van der Waals surface area contributed by atoms with Gasteiger partial charge in [-0.3, -0.25) is 0 Å². The van der Waals surface area contributed by atoms with Crippen LogP contribution in [0.25, 0.3) is 0 Å². The molecule has 3 N–H and O–H groups in total. The summed E-state index contributed by atoms with van der Waals surface area (Å²) in [7, 11) is 0. The third-order valence-corrected chi connectivity index (χ3v) is 4.87. The maximum absolute atomic E-state index is 10.0. The fourth-order valence-corrected chi connectivity index (χ4v) is 3.67. The minimum absolute atomic E-state index is 0.332. The van der Waals surface area contributed by atoms with Gasteiger partial charge in [0.25, 0.3) is 0 Å². The highest BCUT2D eigenvalue weighted by atomic mass is 16.3. The molecule has 22 heavy (non-hydrogen) atoms. The van der Waals surface area contributed by atoms with Crippen molar-refractivity contribution in [3.63, 3.8) is 0 Å². The van der Waals surface area contributed by atoms with Gasteiger partial charge in [0.1, 0.15) is 5.75 Å². The van der Waals surface area contributed by atoms with Gasteiger partial charge in [-0.15, -0.1) is 0 Å². The number of aromatic hydroxyl groups is 1. The molecule has 0 spiro atoms. The van der Waals surface area contributed by atoms with E-state index in [1.165, 1.54) is 34.2 Å². The zero-order valence-electron chi connectivity index (χ0n) is 13.7. The average Bonchev–Trinajstić information content (AvgIpc) is 2.94. The predicted molar refractivity (Wildman–Crippen MR) is 92.6 cm³/mol. The number of hydrogen-bond donors (Lipinski definition) is 2. The molecule has 3 rings (SSSR count). The Labute approximate surface area is 133 Å². The molecule has 0 aliphatic heterocycles. The van der Waals surface area contributed by atoms with Crippen molar-refractivity contribution in [2.24, 2.45) is 0 Å². The Morgan fingerprint density at radius 1 is 1.14 bits per heavy atom. The van der Waals surface area contributed by atoms with E-state index in [-0.39, 0.29) is 0 Å². The van der Waals surface area contributed by atoms with Gasteiger partial charge in [-0.2, -0.15) is 0 Å². The topological polar surface area (TPSA) is 46.2 Å². The minimum Gasteiger partial charge on any atom is -0.508 e. The van der Waals surface area contributed by atoms with Crippen LogP contribution in [0.15, 0.2) is 24.3 Å². The summed E-state index contributed by atoms with van der Waals surface area (Å²) < 4.78 is 0. The van der Waals surface area contributed by atoms with Crippen LogP contribution in [0.3, 0.4) is 0 Å². The number of anilines is 1. The van der Waals surface area contributed by atoms with Crippen LogP contribution in [-0.2, 0) is 19.3 Å². The van der Waals surface area contributed by atoms with Crippen LogP contribution in [0.2, 0.25) is 0 Å². The van der Waals surface area contributed by atoms with E-state index in [2.05, 4.69) is 32.9 Å². The summed E-state index contributed by atoms with van der Waals surface area (Å²) in [5, 5.41) is 10.0. The highest BCUT2D eigenvalue weighted by Gasteiger charge is 2.20. The molecule has 0 bridgehead atoms. The van der Waals surface area contributed by atoms with Crippen molar-refractivity contribution in [3.05, 3.63) is 57.6 Å². The normalized spacial score (nSPS) is 13.6. The first-order chi connectivity index (χ1) is 10.5. The van der Waals surface area contributed by atoms with Crippen LogP contribution in [0.5, 0.6) is 5.75 Å². The van der Waals surface area contributed by atoms with Gasteiger partial charge < -0.3 is 10.8 Å². The minimum atomic E-state index is 0.332. The lowest BCUT2D eigenvalue weighted by atomic mass is 9.90. The second kappa shape index (κ2) is 5.68. The number of nitrogens with two attached hydrogens (primary N) is 1. The maximum Gasteiger partial charge on any atom is 0.119 e. The number of rotatable bonds is 3. The van der Waals surface area contributed by atoms with E-state index in [9.17, 15) is 5.11 Å². The standard InChI is InChI=1S/C20H25NO/c1-12(2)17-10-14(7-8-20(17)22)11-18-13(3)9-19(21)16-6-4-5-15(16)18/h7-10,12,22H,4-6,11,21H2,1-3H3. The third-order valence-electron chi connectivity index (χ3n) is 4.87. The summed E-state index contributed by atoms with van der Waals surface area (Å²) in [4.78, 5) is 0. The average molecular weight is 295 g/mol. The smallest absolute Gasteiger partial charge is 0.119 e. The van der Waals surface area contributed by atoms with Crippen LogP contribution in [-0.4, -0.2) is 5.11 Å². The maximum atomic E-state index is 10.0. The summed E-state index contributed by atoms with van der Waals surface area (Å²) in [6.45, 7) is 6.39. The van der Waals surface area contributed by atoms with E-state index >= 15 is 0 Å². The predicted octanol–water partition coefficient (Wildman–Crippen LogP) is 4.49. The molecule has 0 radical (unpaired) electrons. The molecule has 0 saturated carbocycles. The lowest BCUT2D eigenvalue weighted by Crippen LogP contribution is -2.03. The quantitative estimate of drug-likeness (QED) is 0.820. The fraction of sp³-hybridized carbons (Fsp3) is 0.400. The van der Waals surface area contributed by atoms with Gasteiger partial charge in [0.05, 0.1) is 0 Å². The Kier molecular flexibility index (Phi) is 3.86. The fourth-order valence-electron chi connectivity index (χ4n) is 3.67. The molecular formula is C20H25NO. The highest BCUT2D eigenvalue weighted by Crippen LogP contribution is 2.34. The number of fused-ring (bicyclic) bond motifs is 1. The second-order valence-corrected chi connectivity index (χ2v) is 6.80. The van der Waals surface area contributed by atoms with E-state index in [0.717, 1.165) is 30.5 Å². The molecule has 0 saturated heterocycles. The van der Waals surface area contributed by atoms with Crippen LogP contribution < -0.4 is 5.73 Å². The van der Waals surface area contributed by atoms with E-state index < -0.39 is 0 Å². The summed E-state index contributed by atoms with van der Waals surface area (Å²) in [5.74, 6) is 0.733. The molecule has 0 unspecified atom stereocenters. The molecule has 0 atom stereocenters. The number of benzene rings is 2. The van der Waals surface area contributed by atoms with Gasteiger partial charge in [-0.25, -0.2) is 0 Å². The first kappa shape index (κ1) is 15.0. The van der Waals surface area contributed by atoms with Gasteiger partial charge in [0, 0.05) is 5.69 Å². The second-order valence-electron chi connectivity index (χ2n) is 6.80. The molecule has 1 aliphatic carbocycles. The van der Waals surface area contributed by atoms with Crippen LogP contribution in [0, 0.1) is 6.92 Å². The van der Waals surface area contributed by atoms with Crippen LogP contribution in [0.4, 0.5) is 5.69 Å². The molecule has 0 fully saturated rings. The van der Waals surface area contributed by atoms with Crippen LogP contribution >= 0.6 is 0 Å². The number of phenolic OH excluding ortho intramolecular Hbond substituents is 1. The van der Waals surface area contributed by atoms with Crippen LogP contribution in [0.1, 0.15) is 59.6 Å². The van der Waals surface area contributed by atoms with E-state index in [0.29, 0.717) is 11.7 Å². The molecule has 1 aliphatic rings. The van der Waals surface area contributed by atoms with Crippen molar-refractivity contribution in [3.8, 4) is 5.75 Å².